The Hall–Kier alpha value is -2.97. The Balaban J connectivity index is 1.21. The average Bonchev–Trinajstić information content (AvgIpc) is 3.22. The number of nitrogens with zero attached hydrogens (tertiary/aromatic N) is 3. The maximum Gasteiger partial charge on any atom is 0.264 e. The number of benzene rings is 1. The largest absolute Gasteiger partial charge is 0.484 e. The molecule has 4 rings (SSSR count). The van der Waals surface area contributed by atoms with Crippen LogP contribution in [0.4, 0.5) is 5.13 Å². The van der Waals surface area contributed by atoms with Gasteiger partial charge in [-0.25, -0.2) is 9.97 Å². The summed E-state index contributed by atoms with van der Waals surface area (Å²) < 4.78 is 11.2. The van der Waals surface area contributed by atoms with Crippen molar-refractivity contribution in [2.75, 3.05) is 25.0 Å². The maximum absolute atomic E-state index is 12.2. The minimum absolute atomic E-state index is 0.0840. The Morgan fingerprint density at radius 1 is 1.16 bits per heavy atom. The lowest BCUT2D eigenvalue weighted by Gasteiger charge is -2.29. The molecule has 1 saturated heterocycles. The number of nitrogens with one attached hydrogen (secondary N) is 1. The van der Waals surface area contributed by atoms with Crippen LogP contribution in [0.2, 0.25) is 0 Å². The Morgan fingerprint density at radius 2 is 1.94 bits per heavy atom. The molecule has 0 saturated carbocycles. The molecule has 31 heavy (non-hydrogen) atoms. The van der Waals surface area contributed by atoms with Crippen LogP contribution in [0.25, 0.3) is 0 Å². The van der Waals surface area contributed by atoms with Gasteiger partial charge in [0.05, 0.1) is 5.69 Å². The van der Waals surface area contributed by atoms with Crippen molar-refractivity contribution in [3.8, 4) is 17.4 Å². The van der Waals surface area contributed by atoms with Crippen molar-refractivity contribution in [1.82, 2.24) is 14.9 Å². The summed E-state index contributed by atoms with van der Waals surface area (Å²) in [7, 11) is 0. The summed E-state index contributed by atoms with van der Waals surface area (Å²) >= 11 is 1.44. The second-order valence-corrected chi connectivity index (χ2v) is 8.54. The van der Waals surface area contributed by atoms with E-state index in [4.69, 9.17) is 9.47 Å². The number of rotatable bonds is 8. The number of piperidine rings is 1. The fourth-order valence-corrected chi connectivity index (χ4v) is 4.04. The molecular weight excluding hydrogens is 412 g/mol. The van der Waals surface area contributed by atoms with Gasteiger partial charge in [0.15, 0.2) is 11.7 Å². The molecule has 8 heteroatoms. The summed E-state index contributed by atoms with van der Waals surface area (Å²) in [5, 5.41) is 5.43. The average molecular weight is 439 g/mol. The van der Waals surface area contributed by atoms with Crippen LogP contribution in [0, 0.1) is 5.92 Å². The molecule has 1 aliphatic heterocycles. The molecule has 162 valence electrons. The highest BCUT2D eigenvalue weighted by molar-refractivity contribution is 7.13. The van der Waals surface area contributed by atoms with Crippen molar-refractivity contribution in [3.05, 3.63) is 59.7 Å². The first-order valence-electron chi connectivity index (χ1n) is 10.4. The molecule has 1 aromatic carbocycles. The Bertz CT molecular complexity index is 970. The van der Waals surface area contributed by atoms with Crippen molar-refractivity contribution >= 4 is 22.4 Å². The van der Waals surface area contributed by atoms with Crippen LogP contribution < -0.4 is 14.8 Å². The standard InChI is InChI=1S/C23H26N4O3S/c1-17-9-12-27(13-10-17)14-18-16-31-23(25-18)26-21(28)15-29-19-5-7-20(8-6-19)30-22-4-2-3-11-24-22/h2-8,11,16-17H,9-10,12-15H2,1H3,(H,25,26,28). The normalized spacial score (nSPS) is 14.9. The molecule has 1 N–H and O–H groups in total. The van der Waals surface area contributed by atoms with Crippen molar-refractivity contribution < 1.29 is 14.3 Å². The Labute approximate surface area is 186 Å². The number of amides is 1. The summed E-state index contributed by atoms with van der Waals surface area (Å²) in [5.41, 5.74) is 0.999. The molecule has 0 atom stereocenters. The monoisotopic (exact) mass is 438 g/mol. The van der Waals surface area contributed by atoms with Crippen LogP contribution in [0.1, 0.15) is 25.5 Å². The topological polar surface area (TPSA) is 76.6 Å². The second kappa shape index (κ2) is 10.4. The number of hydrogen-bond donors (Lipinski definition) is 1. The van der Waals surface area contributed by atoms with Crippen LogP contribution in [-0.4, -0.2) is 40.5 Å². The molecule has 2 aromatic heterocycles. The SMILES string of the molecule is CC1CCN(Cc2csc(NC(=O)COc3ccc(Oc4ccccn4)cc3)n2)CC1. The number of ether oxygens (including phenoxy) is 2. The smallest absolute Gasteiger partial charge is 0.264 e. The fraction of sp³-hybridized carbons (Fsp3) is 0.348. The van der Waals surface area contributed by atoms with Gasteiger partial charge in [0.2, 0.25) is 5.88 Å². The molecule has 3 aromatic rings. The molecule has 1 amide bonds. The van der Waals surface area contributed by atoms with Crippen molar-refractivity contribution in [3.63, 3.8) is 0 Å². The Kier molecular flexibility index (Phi) is 7.11. The zero-order valence-corrected chi connectivity index (χ0v) is 18.3. The van der Waals surface area contributed by atoms with Gasteiger partial charge in [-0.05, 0) is 62.2 Å². The molecule has 0 radical (unpaired) electrons. The van der Waals surface area contributed by atoms with Gasteiger partial charge in [0.1, 0.15) is 11.5 Å². The number of carbonyl (C=O) groups excluding carboxylic acids is 1. The fourth-order valence-electron chi connectivity index (χ4n) is 3.32. The van der Waals surface area contributed by atoms with Crippen molar-refractivity contribution in [2.24, 2.45) is 5.92 Å². The number of pyridine rings is 1. The predicted molar refractivity (Wildman–Crippen MR) is 121 cm³/mol. The van der Waals surface area contributed by atoms with E-state index in [9.17, 15) is 4.79 Å². The van der Waals surface area contributed by atoms with Crippen LogP contribution in [-0.2, 0) is 11.3 Å². The summed E-state index contributed by atoms with van der Waals surface area (Å²) in [6, 6.07) is 12.5. The minimum atomic E-state index is -0.235. The van der Waals surface area contributed by atoms with E-state index >= 15 is 0 Å². The highest BCUT2D eigenvalue weighted by atomic mass is 32.1. The zero-order valence-electron chi connectivity index (χ0n) is 17.5. The van der Waals surface area contributed by atoms with Crippen LogP contribution in [0.15, 0.2) is 54.0 Å². The van der Waals surface area contributed by atoms with Gasteiger partial charge in [-0.1, -0.05) is 13.0 Å². The minimum Gasteiger partial charge on any atom is -0.484 e. The predicted octanol–water partition coefficient (Wildman–Crippen LogP) is 4.58. The number of carbonyl (C=O) groups is 1. The third kappa shape index (κ3) is 6.50. The molecule has 1 aliphatic rings. The maximum atomic E-state index is 12.2. The number of thiazole rings is 1. The van der Waals surface area contributed by atoms with E-state index < -0.39 is 0 Å². The van der Waals surface area contributed by atoms with E-state index in [-0.39, 0.29) is 12.5 Å². The molecule has 3 heterocycles. The van der Waals surface area contributed by atoms with Gasteiger partial charge in [0.25, 0.3) is 5.91 Å². The highest BCUT2D eigenvalue weighted by Gasteiger charge is 2.17. The van der Waals surface area contributed by atoms with Gasteiger partial charge < -0.3 is 9.47 Å². The molecule has 0 unspecified atom stereocenters. The van der Waals surface area contributed by atoms with E-state index in [2.05, 4.69) is 27.1 Å². The summed E-state index contributed by atoms with van der Waals surface area (Å²) in [6.45, 7) is 5.28. The third-order valence-corrected chi connectivity index (χ3v) is 5.92. The van der Waals surface area contributed by atoms with Crippen molar-refractivity contribution in [1.29, 1.82) is 0 Å². The number of aromatic nitrogens is 2. The van der Waals surface area contributed by atoms with Gasteiger partial charge in [0, 0.05) is 24.2 Å². The number of anilines is 1. The first-order chi connectivity index (χ1) is 15.1. The van der Waals surface area contributed by atoms with E-state index in [1.54, 1.807) is 36.5 Å². The van der Waals surface area contributed by atoms with E-state index in [0.29, 0.717) is 22.5 Å². The first kappa shape index (κ1) is 21.3. The summed E-state index contributed by atoms with van der Waals surface area (Å²) in [6.07, 6.45) is 4.15. The van der Waals surface area contributed by atoms with Gasteiger partial charge in [-0.3, -0.25) is 15.0 Å². The van der Waals surface area contributed by atoms with Crippen LogP contribution in [0.5, 0.6) is 17.4 Å². The quantitative estimate of drug-likeness (QED) is 0.555. The van der Waals surface area contributed by atoms with Crippen LogP contribution in [0.3, 0.4) is 0 Å². The lowest BCUT2D eigenvalue weighted by atomic mass is 9.99. The number of likely N-dealkylation sites (tertiary alicyclic amines) is 1. The lowest BCUT2D eigenvalue weighted by Crippen LogP contribution is -2.32. The Morgan fingerprint density at radius 3 is 2.68 bits per heavy atom. The van der Waals surface area contributed by atoms with Crippen molar-refractivity contribution in [2.45, 2.75) is 26.3 Å². The molecular formula is C23H26N4O3S. The molecule has 0 aliphatic carbocycles. The van der Waals surface area contributed by atoms with Gasteiger partial charge in [-0.15, -0.1) is 11.3 Å². The van der Waals surface area contributed by atoms with Gasteiger partial charge >= 0.3 is 0 Å². The number of hydrogen-bond acceptors (Lipinski definition) is 7. The van der Waals surface area contributed by atoms with Gasteiger partial charge in [-0.2, -0.15) is 0 Å². The van der Waals surface area contributed by atoms with E-state index in [1.165, 1.54) is 24.2 Å². The van der Waals surface area contributed by atoms with E-state index in [1.807, 2.05) is 17.5 Å². The molecule has 1 fully saturated rings. The highest BCUT2D eigenvalue weighted by Crippen LogP contribution is 2.23. The zero-order chi connectivity index (χ0) is 21.5. The molecule has 7 nitrogen and oxygen atoms in total. The van der Waals surface area contributed by atoms with E-state index in [0.717, 1.165) is 31.2 Å². The summed E-state index contributed by atoms with van der Waals surface area (Å²) in [5.74, 6) is 2.33. The third-order valence-electron chi connectivity index (χ3n) is 5.11. The second-order valence-electron chi connectivity index (χ2n) is 7.68. The first-order valence-corrected chi connectivity index (χ1v) is 11.3. The lowest BCUT2D eigenvalue weighted by molar-refractivity contribution is -0.118. The molecule has 0 spiro atoms. The van der Waals surface area contributed by atoms with Crippen LogP contribution >= 0.6 is 11.3 Å². The molecule has 0 bridgehead atoms. The summed E-state index contributed by atoms with van der Waals surface area (Å²) in [4.78, 5) is 23.3.